The monoisotopic (exact) mass is 310 g/mol. The lowest BCUT2D eigenvalue weighted by Crippen LogP contribution is -2.30. The largest absolute Gasteiger partial charge is 0.489 e. The molecular weight excluding hydrogens is 288 g/mol. The van der Waals surface area contributed by atoms with E-state index in [2.05, 4.69) is 12.2 Å². The van der Waals surface area contributed by atoms with Crippen LogP contribution >= 0.6 is 11.6 Å². The first-order valence-corrected chi connectivity index (χ1v) is 8.09. The number of rotatable bonds is 5. The van der Waals surface area contributed by atoms with Gasteiger partial charge in [0.1, 0.15) is 0 Å². The molecule has 1 aliphatic carbocycles. The van der Waals surface area contributed by atoms with Crippen molar-refractivity contribution in [2.75, 3.05) is 26.3 Å². The predicted octanol–water partition coefficient (Wildman–Crippen LogP) is 2.75. The molecule has 1 heterocycles. The molecule has 21 heavy (non-hydrogen) atoms. The molecule has 5 heteroatoms. The van der Waals surface area contributed by atoms with Gasteiger partial charge in [-0.15, -0.1) is 0 Å². The predicted molar refractivity (Wildman–Crippen MR) is 84.1 cm³/mol. The fraction of sp³-hybridized carbons (Fsp3) is 0.625. The van der Waals surface area contributed by atoms with Crippen molar-refractivity contribution in [1.82, 2.24) is 5.32 Å². The quantitative estimate of drug-likeness (QED) is 0.878. The van der Waals surface area contributed by atoms with Crippen LogP contribution in [0, 0.1) is 11.8 Å². The van der Waals surface area contributed by atoms with Gasteiger partial charge >= 0.3 is 0 Å². The van der Waals surface area contributed by atoms with E-state index < -0.39 is 0 Å². The van der Waals surface area contributed by atoms with E-state index >= 15 is 0 Å². The average Bonchev–Trinajstić information content (AvgIpc) is 3.21. The van der Waals surface area contributed by atoms with Gasteiger partial charge in [-0.3, -0.25) is 0 Å². The van der Waals surface area contributed by atoms with E-state index in [1.165, 1.54) is 6.42 Å². The molecule has 0 radical (unpaired) electrons. The van der Waals surface area contributed by atoms with Gasteiger partial charge in [0.15, 0.2) is 11.5 Å². The van der Waals surface area contributed by atoms with Gasteiger partial charge in [-0.25, -0.2) is 0 Å². The number of nitrogens with two attached hydrogens (primary N) is 1. The molecule has 4 nitrogen and oxygen atoms in total. The van der Waals surface area contributed by atoms with E-state index in [1.54, 1.807) is 0 Å². The molecule has 3 rings (SSSR count). The molecule has 0 aromatic heterocycles. The van der Waals surface area contributed by atoms with Crippen LogP contribution in [0.15, 0.2) is 12.1 Å². The summed E-state index contributed by atoms with van der Waals surface area (Å²) in [7, 11) is 0. The highest BCUT2D eigenvalue weighted by atomic mass is 35.5. The standard InChI is InChI=1S/C16H23ClN2O2/c1-10-5-12(10)9-19-14(8-18)11-6-13(17)16-15(7-11)20-3-2-4-21-16/h6-7,10,12,14,19H,2-5,8-9,18H2,1H3. The lowest BCUT2D eigenvalue weighted by Gasteiger charge is -2.19. The van der Waals surface area contributed by atoms with Crippen molar-refractivity contribution in [2.24, 2.45) is 17.6 Å². The molecule has 1 saturated carbocycles. The minimum atomic E-state index is 0.104. The van der Waals surface area contributed by atoms with Crippen LogP contribution in [-0.4, -0.2) is 26.3 Å². The minimum absolute atomic E-state index is 0.104. The summed E-state index contributed by atoms with van der Waals surface area (Å²) >= 11 is 6.35. The highest BCUT2D eigenvalue weighted by Gasteiger charge is 2.32. The van der Waals surface area contributed by atoms with Crippen LogP contribution < -0.4 is 20.5 Å². The van der Waals surface area contributed by atoms with Crippen molar-refractivity contribution in [3.05, 3.63) is 22.7 Å². The molecule has 1 aliphatic heterocycles. The van der Waals surface area contributed by atoms with E-state index in [-0.39, 0.29) is 6.04 Å². The molecule has 116 valence electrons. The average molecular weight is 311 g/mol. The maximum absolute atomic E-state index is 6.35. The second kappa shape index (κ2) is 6.42. The Kier molecular flexibility index (Phi) is 4.57. The highest BCUT2D eigenvalue weighted by molar-refractivity contribution is 6.32. The van der Waals surface area contributed by atoms with Crippen LogP contribution in [0.1, 0.15) is 31.4 Å². The van der Waals surface area contributed by atoms with Crippen LogP contribution in [0.25, 0.3) is 0 Å². The number of ether oxygens (including phenoxy) is 2. The summed E-state index contributed by atoms with van der Waals surface area (Å²) in [5.74, 6) is 3.01. The van der Waals surface area contributed by atoms with Crippen LogP contribution in [0.3, 0.4) is 0 Å². The zero-order chi connectivity index (χ0) is 14.8. The summed E-state index contributed by atoms with van der Waals surface area (Å²) in [6.07, 6.45) is 2.19. The Morgan fingerprint density at radius 2 is 2.14 bits per heavy atom. The zero-order valence-electron chi connectivity index (χ0n) is 12.4. The number of fused-ring (bicyclic) bond motifs is 1. The van der Waals surface area contributed by atoms with Crippen molar-refractivity contribution in [1.29, 1.82) is 0 Å². The molecule has 3 unspecified atom stereocenters. The van der Waals surface area contributed by atoms with E-state index in [9.17, 15) is 0 Å². The lowest BCUT2D eigenvalue weighted by atomic mass is 10.1. The fourth-order valence-corrected chi connectivity index (χ4v) is 3.04. The van der Waals surface area contributed by atoms with Gasteiger partial charge in [0.25, 0.3) is 0 Å². The second-order valence-electron chi connectivity index (χ2n) is 6.05. The van der Waals surface area contributed by atoms with Crippen LogP contribution in [0.4, 0.5) is 0 Å². The third-order valence-corrected chi connectivity index (χ3v) is 4.65. The van der Waals surface area contributed by atoms with Crippen molar-refractivity contribution >= 4 is 11.6 Å². The first kappa shape index (κ1) is 14.9. The van der Waals surface area contributed by atoms with E-state index in [0.717, 1.165) is 36.1 Å². The van der Waals surface area contributed by atoms with Crippen LogP contribution in [0.5, 0.6) is 11.5 Å². The maximum atomic E-state index is 6.35. The summed E-state index contributed by atoms with van der Waals surface area (Å²) in [4.78, 5) is 0. The Bertz CT molecular complexity index is 509. The lowest BCUT2D eigenvalue weighted by molar-refractivity contribution is 0.297. The summed E-state index contributed by atoms with van der Waals surface area (Å²) in [5, 5.41) is 4.15. The number of benzene rings is 1. The second-order valence-corrected chi connectivity index (χ2v) is 6.46. The summed E-state index contributed by atoms with van der Waals surface area (Å²) < 4.78 is 11.4. The fourth-order valence-electron chi connectivity index (χ4n) is 2.77. The number of hydrogen-bond acceptors (Lipinski definition) is 4. The van der Waals surface area contributed by atoms with Crippen molar-refractivity contribution in [3.8, 4) is 11.5 Å². The van der Waals surface area contributed by atoms with E-state index in [1.807, 2.05) is 12.1 Å². The zero-order valence-corrected chi connectivity index (χ0v) is 13.2. The molecule has 0 amide bonds. The molecule has 0 saturated heterocycles. The molecule has 0 bridgehead atoms. The van der Waals surface area contributed by atoms with Gasteiger partial charge in [-0.2, -0.15) is 0 Å². The molecule has 1 aromatic carbocycles. The van der Waals surface area contributed by atoms with Gasteiger partial charge in [-0.05, 0) is 42.5 Å². The summed E-state index contributed by atoms with van der Waals surface area (Å²) in [5.41, 5.74) is 6.99. The molecule has 2 aliphatic rings. The number of hydrogen-bond donors (Lipinski definition) is 2. The van der Waals surface area contributed by atoms with E-state index in [4.69, 9.17) is 26.8 Å². The van der Waals surface area contributed by atoms with Crippen molar-refractivity contribution < 1.29 is 9.47 Å². The highest BCUT2D eigenvalue weighted by Crippen LogP contribution is 2.40. The van der Waals surface area contributed by atoms with Gasteiger partial charge in [-0.1, -0.05) is 18.5 Å². The molecule has 0 spiro atoms. The molecule has 1 aromatic rings. The normalized spacial score (nSPS) is 25.3. The smallest absolute Gasteiger partial charge is 0.179 e. The SMILES string of the molecule is CC1CC1CNC(CN)c1cc(Cl)c2c(c1)OCCCO2. The van der Waals surface area contributed by atoms with Gasteiger partial charge in [0, 0.05) is 19.0 Å². The molecular formula is C16H23ClN2O2. The van der Waals surface area contributed by atoms with Crippen molar-refractivity contribution in [2.45, 2.75) is 25.8 Å². The number of nitrogens with one attached hydrogen (secondary N) is 1. The van der Waals surface area contributed by atoms with Gasteiger partial charge in [0.2, 0.25) is 0 Å². The third kappa shape index (κ3) is 3.44. The Morgan fingerprint density at radius 1 is 1.38 bits per heavy atom. The van der Waals surface area contributed by atoms with Gasteiger partial charge in [0.05, 0.1) is 18.2 Å². The van der Waals surface area contributed by atoms with Crippen LogP contribution in [-0.2, 0) is 0 Å². The van der Waals surface area contributed by atoms with Gasteiger partial charge < -0.3 is 20.5 Å². The first-order chi connectivity index (χ1) is 10.2. The Labute approximate surface area is 130 Å². The van der Waals surface area contributed by atoms with Crippen molar-refractivity contribution in [3.63, 3.8) is 0 Å². The summed E-state index contributed by atoms with van der Waals surface area (Å²) in [6, 6.07) is 4.05. The Morgan fingerprint density at radius 3 is 2.86 bits per heavy atom. The number of halogens is 1. The third-order valence-electron chi connectivity index (χ3n) is 4.37. The molecule has 3 N–H and O–H groups in total. The van der Waals surface area contributed by atoms with E-state index in [0.29, 0.717) is 30.5 Å². The topological polar surface area (TPSA) is 56.5 Å². The molecule has 1 fully saturated rings. The summed E-state index contributed by atoms with van der Waals surface area (Å²) in [6.45, 7) is 5.14. The Hall–Kier alpha value is -0.970. The molecule has 3 atom stereocenters. The van der Waals surface area contributed by atoms with Crippen LogP contribution in [0.2, 0.25) is 5.02 Å². The Balaban J connectivity index is 1.76. The maximum Gasteiger partial charge on any atom is 0.179 e. The first-order valence-electron chi connectivity index (χ1n) is 7.71. The minimum Gasteiger partial charge on any atom is -0.489 e.